The number of nitrogens with zero attached hydrogens (tertiary/aromatic N) is 1. The van der Waals surface area contributed by atoms with E-state index in [-0.39, 0.29) is 10.8 Å². The number of carbonyl (C=O) groups is 2. The highest BCUT2D eigenvalue weighted by molar-refractivity contribution is 6.36. The van der Waals surface area contributed by atoms with Gasteiger partial charge in [0, 0.05) is 5.02 Å². The minimum Gasteiger partial charge on any atom is -0.481 e. The number of carbonyl (C=O) groups excluding carboxylic acids is 2. The van der Waals surface area contributed by atoms with Crippen molar-refractivity contribution in [2.24, 2.45) is 0 Å². The summed E-state index contributed by atoms with van der Waals surface area (Å²) < 4.78 is 10.3. The monoisotopic (exact) mass is 392 g/mol. The van der Waals surface area contributed by atoms with Crippen molar-refractivity contribution in [2.75, 3.05) is 11.9 Å². The fourth-order valence-electron chi connectivity index (χ4n) is 1.93. The van der Waals surface area contributed by atoms with Gasteiger partial charge >= 0.3 is 5.97 Å². The van der Waals surface area contributed by atoms with Crippen LogP contribution in [0.4, 0.5) is 5.69 Å². The molecule has 8 heteroatoms. The largest absolute Gasteiger partial charge is 0.481 e. The fourth-order valence-corrected chi connectivity index (χ4v) is 2.39. The van der Waals surface area contributed by atoms with E-state index >= 15 is 0 Å². The van der Waals surface area contributed by atoms with E-state index in [1.54, 1.807) is 36.4 Å². The van der Waals surface area contributed by atoms with Crippen molar-refractivity contribution < 1.29 is 19.1 Å². The molecule has 1 N–H and O–H groups in total. The summed E-state index contributed by atoms with van der Waals surface area (Å²) in [6.45, 7) is 0.984. The summed E-state index contributed by atoms with van der Waals surface area (Å²) in [6, 6.07) is 13.0. The van der Waals surface area contributed by atoms with Crippen LogP contribution in [0.2, 0.25) is 10.0 Å². The lowest BCUT2D eigenvalue weighted by Crippen LogP contribution is -2.31. The first-order chi connectivity index (χ1) is 12.4. The molecule has 1 amide bonds. The van der Waals surface area contributed by atoms with Crippen LogP contribution in [-0.2, 0) is 14.3 Å². The zero-order valence-electron chi connectivity index (χ0n) is 13.7. The number of esters is 1. The molecule has 0 fully saturated rings. The molecule has 1 atom stereocenters. The number of hydrogen-bond acceptors (Lipinski definition) is 5. The maximum absolute atomic E-state index is 12.1. The molecule has 0 aromatic heterocycles. The summed E-state index contributed by atoms with van der Waals surface area (Å²) in [5.41, 5.74) is 0.645. The molecule has 0 unspecified atom stereocenters. The number of nitriles is 1. The van der Waals surface area contributed by atoms with Crippen LogP contribution in [0.25, 0.3) is 0 Å². The van der Waals surface area contributed by atoms with Crippen LogP contribution in [-0.4, -0.2) is 24.6 Å². The molecule has 0 saturated heterocycles. The third kappa shape index (κ3) is 5.38. The van der Waals surface area contributed by atoms with Crippen molar-refractivity contribution in [1.29, 1.82) is 5.26 Å². The van der Waals surface area contributed by atoms with Gasteiger partial charge in [-0.3, -0.25) is 4.79 Å². The SMILES string of the molecule is C[C@@H](OC(=O)COc1ccccc1C#N)C(=O)Nc1ccc(Cl)cc1Cl. The molecule has 2 aromatic rings. The van der Waals surface area contributed by atoms with Gasteiger partial charge in [0.15, 0.2) is 12.7 Å². The molecule has 0 aliphatic carbocycles. The maximum atomic E-state index is 12.1. The van der Waals surface area contributed by atoms with Gasteiger partial charge in [-0.15, -0.1) is 0 Å². The third-order valence-corrected chi connectivity index (χ3v) is 3.77. The first kappa shape index (κ1) is 19.6. The van der Waals surface area contributed by atoms with Crippen molar-refractivity contribution >= 4 is 40.8 Å². The van der Waals surface area contributed by atoms with Gasteiger partial charge in [-0.2, -0.15) is 5.26 Å². The number of halogens is 2. The Kier molecular flexibility index (Phi) is 6.84. The zero-order chi connectivity index (χ0) is 19.1. The fraction of sp³-hybridized carbons (Fsp3) is 0.167. The average Bonchev–Trinajstić information content (AvgIpc) is 2.62. The summed E-state index contributed by atoms with van der Waals surface area (Å²) in [5, 5.41) is 12.2. The topological polar surface area (TPSA) is 88.4 Å². The smallest absolute Gasteiger partial charge is 0.344 e. The number of hydrogen-bond donors (Lipinski definition) is 1. The van der Waals surface area contributed by atoms with Crippen LogP contribution < -0.4 is 10.1 Å². The van der Waals surface area contributed by atoms with Gasteiger partial charge in [-0.1, -0.05) is 35.3 Å². The Balaban J connectivity index is 1.88. The zero-order valence-corrected chi connectivity index (χ0v) is 15.2. The van der Waals surface area contributed by atoms with Gasteiger partial charge in [0.05, 0.1) is 16.3 Å². The molecule has 134 valence electrons. The van der Waals surface area contributed by atoms with Crippen molar-refractivity contribution in [2.45, 2.75) is 13.0 Å². The predicted octanol–water partition coefficient (Wildman–Crippen LogP) is 3.81. The average molecular weight is 393 g/mol. The number of benzene rings is 2. The molecular weight excluding hydrogens is 379 g/mol. The molecule has 6 nitrogen and oxygen atoms in total. The molecule has 0 aliphatic heterocycles. The van der Waals surface area contributed by atoms with E-state index in [4.69, 9.17) is 37.9 Å². The van der Waals surface area contributed by atoms with E-state index in [0.29, 0.717) is 16.3 Å². The molecule has 2 rings (SSSR count). The van der Waals surface area contributed by atoms with Crippen molar-refractivity contribution in [1.82, 2.24) is 0 Å². The Bertz CT molecular complexity index is 865. The number of para-hydroxylation sites is 1. The molecule has 0 spiro atoms. The predicted molar refractivity (Wildman–Crippen MR) is 97.3 cm³/mol. The Morgan fingerprint density at radius 3 is 2.65 bits per heavy atom. The quantitative estimate of drug-likeness (QED) is 0.754. The third-order valence-electron chi connectivity index (χ3n) is 3.22. The van der Waals surface area contributed by atoms with Gasteiger partial charge in [-0.25, -0.2) is 4.79 Å². The highest BCUT2D eigenvalue weighted by Gasteiger charge is 2.19. The Hall–Kier alpha value is -2.75. The highest BCUT2D eigenvalue weighted by atomic mass is 35.5. The minimum atomic E-state index is -1.07. The summed E-state index contributed by atoms with van der Waals surface area (Å²) in [4.78, 5) is 23.9. The van der Waals surface area contributed by atoms with Gasteiger partial charge in [0.1, 0.15) is 11.8 Å². The van der Waals surface area contributed by atoms with Gasteiger partial charge < -0.3 is 14.8 Å². The number of anilines is 1. The standard InChI is InChI=1S/C18H14Cl2N2O4/c1-11(18(24)22-15-7-6-13(19)8-14(15)20)26-17(23)10-25-16-5-3-2-4-12(16)9-21/h2-8,11H,10H2,1H3,(H,22,24)/t11-/m1/s1. The number of nitrogens with one attached hydrogen (secondary N) is 1. The summed E-state index contributed by atoms with van der Waals surface area (Å²) in [5.74, 6) is -1.04. The molecule has 0 heterocycles. The van der Waals surface area contributed by atoms with Crippen molar-refractivity contribution in [3.05, 3.63) is 58.1 Å². The van der Waals surface area contributed by atoms with Crippen LogP contribution in [0.1, 0.15) is 12.5 Å². The van der Waals surface area contributed by atoms with Crippen molar-refractivity contribution in [3.8, 4) is 11.8 Å². The minimum absolute atomic E-state index is 0.261. The Morgan fingerprint density at radius 1 is 1.23 bits per heavy atom. The molecule has 0 bridgehead atoms. The second kappa shape index (κ2) is 9.09. The first-order valence-corrected chi connectivity index (χ1v) is 8.23. The Morgan fingerprint density at radius 2 is 1.96 bits per heavy atom. The molecule has 0 aliphatic rings. The van der Waals surface area contributed by atoms with Crippen molar-refractivity contribution in [3.63, 3.8) is 0 Å². The number of rotatable bonds is 6. The van der Waals surface area contributed by atoms with Gasteiger partial charge in [-0.05, 0) is 37.3 Å². The molecule has 2 aromatic carbocycles. The van der Waals surface area contributed by atoms with E-state index in [1.165, 1.54) is 13.0 Å². The lowest BCUT2D eigenvalue weighted by atomic mass is 10.2. The van der Waals surface area contributed by atoms with Crippen LogP contribution in [0.15, 0.2) is 42.5 Å². The Labute approximate surface area is 160 Å². The normalized spacial score (nSPS) is 11.2. The van der Waals surface area contributed by atoms with E-state index in [1.807, 2.05) is 6.07 Å². The number of ether oxygens (including phenoxy) is 2. The van der Waals surface area contributed by atoms with E-state index in [9.17, 15) is 9.59 Å². The van der Waals surface area contributed by atoms with E-state index < -0.39 is 24.6 Å². The molecule has 0 saturated carbocycles. The van der Waals surface area contributed by atoms with Gasteiger partial charge in [0.25, 0.3) is 5.91 Å². The summed E-state index contributed by atoms with van der Waals surface area (Å²) >= 11 is 11.8. The summed E-state index contributed by atoms with van der Waals surface area (Å²) in [7, 11) is 0. The molecule has 26 heavy (non-hydrogen) atoms. The van der Waals surface area contributed by atoms with Crippen LogP contribution in [0.3, 0.4) is 0 Å². The lowest BCUT2D eigenvalue weighted by Gasteiger charge is -2.15. The van der Waals surface area contributed by atoms with Gasteiger partial charge in [0.2, 0.25) is 0 Å². The highest BCUT2D eigenvalue weighted by Crippen LogP contribution is 2.25. The van der Waals surface area contributed by atoms with E-state index in [2.05, 4.69) is 5.32 Å². The number of amides is 1. The van der Waals surface area contributed by atoms with Crippen LogP contribution >= 0.6 is 23.2 Å². The second-order valence-electron chi connectivity index (χ2n) is 5.14. The van der Waals surface area contributed by atoms with Crippen LogP contribution in [0, 0.1) is 11.3 Å². The summed E-state index contributed by atoms with van der Waals surface area (Å²) in [6.07, 6.45) is -1.07. The second-order valence-corrected chi connectivity index (χ2v) is 5.99. The molecule has 0 radical (unpaired) electrons. The molecular formula is C18H14Cl2N2O4. The van der Waals surface area contributed by atoms with E-state index in [0.717, 1.165) is 0 Å². The van der Waals surface area contributed by atoms with Crippen LogP contribution in [0.5, 0.6) is 5.75 Å². The lowest BCUT2D eigenvalue weighted by molar-refractivity contribution is -0.155. The first-order valence-electron chi connectivity index (χ1n) is 7.48. The maximum Gasteiger partial charge on any atom is 0.344 e.